The van der Waals surface area contributed by atoms with E-state index in [0.29, 0.717) is 25.5 Å². The van der Waals surface area contributed by atoms with Gasteiger partial charge in [0.05, 0.1) is 17.0 Å². The molecule has 33 heavy (non-hydrogen) atoms. The second-order valence-electron chi connectivity index (χ2n) is 8.86. The van der Waals surface area contributed by atoms with Crippen molar-refractivity contribution in [2.24, 2.45) is 13.0 Å². The maximum absolute atomic E-state index is 13.3. The number of para-hydroxylation sites is 2. The van der Waals surface area contributed by atoms with Gasteiger partial charge in [0.25, 0.3) is 5.56 Å². The normalized spacial score (nSPS) is 19.2. The van der Waals surface area contributed by atoms with Crippen molar-refractivity contribution in [3.8, 4) is 0 Å². The third-order valence-corrected chi connectivity index (χ3v) is 7.07. The van der Waals surface area contributed by atoms with Crippen molar-refractivity contribution >= 4 is 40.0 Å². The number of hydrogen-bond acceptors (Lipinski definition) is 5. The van der Waals surface area contributed by atoms with Crippen molar-refractivity contribution in [2.45, 2.75) is 12.8 Å². The molecule has 3 heterocycles. The molecule has 2 aromatic carbocycles. The Labute approximate surface area is 198 Å². The SMILES string of the molecule is Cn1c(=O)c(N2CCCC(C(=O)N3CCN(c4ccc(Cl)cc4)CC3)C2)nc2ccccc21. The molecule has 5 rings (SSSR count). The van der Waals surface area contributed by atoms with Gasteiger partial charge in [-0.3, -0.25) is 9.59 Å². The number of fused-ring (bicyclic) bond motifs is 1. The van der Waals surface area contributed by atoms with Gasteiger partial charge in [0, 0.05) is 57.0 Å². The number of aryl methyl sites for hydroxylation is 1. The molecular formula is C25H28ClN5O2. The Balaban J connectivity index is 1.27. The van der Waals surface area contributed by atoms with Gasteiger partial charge in [0.2, 0.25) is 5.91 Å². The van der Waals surface area contributed by atoms with E-state index < -0.39 is 0 Å². The van der Waals surface area contributed by atoms with Crippen molar-refractivity contribution < 1.29 is 4.79 Å². The lowest BCUT2D eigenvalue weighted by Gasteiger charge is -2.40. The molecule has 3 aromatic rings. The van der Waals surface area contributed by atoms with Crippen LogP contribution in [0.1, 0.15) is 12.8 Å². The molecule has 0 radical (unpaired) electrons. The fourth-order valence-electron chi connectivity index (χ4n) is 4.94. The number of carbonyl (C=O) groups is 1. The molecule has 0 aliphatic carbocycles. The van der Waals surface area contributed by atoms with E-state index in [1.807, 2.05) is 58.3 Å². The Morgan fingerprint density at radius 1 is 0.970 bits per heavy atom. The Bertz CT molecular complexity index is 1220. The van der Waals surface area contributed by atoms with Crippen molar-refractivity contribution in [2.75, 3.05) is 49.1 Å². The first-order chi connectivity index (χ1) is 16.0. The molecule has 2 aliphatic rings. The van der Waals surface area contributed by atoms with E-state index in [9.17, 15) is 9.59 Å². The first-order valence-electron chi connectivity index (χ1n) is 11.5. The molecule has 1 unspecified atom stereocenters. The second kappa shape index (κ2) is 9.06. The van der Waals surface area contributed by atoms with Crippen LogP contribution < -0.4 is 15.4 Å². The number of benzene rings is 2. The van der Waals surface area contributed by atoms with Gasteiger partial charge in [-0.05, 0) is 49.2 Å². The number of nitrogens with zero attached hydrogens (tertiary/aromatic N) is 5. The van der Waals surface area contributed by atoms with Crippen LogP contribution in [0.15, 0.2) is 53.3 Å². The summed E-state index contributed by atoms with van der Waals surface area (Å²) in [5.74, 6) is 0.521. The number of anilines is 2. The van der Waals surface area contributed by atoms with Crippen LogP contribution in [0.25, 0.3) is 11.0 Å². The molecular weight excluding hydrogens is 438 g/mol. The maximum atomic E-state index is 13.3. The molecule has 2 aliphatic heterocycles. The summed E-state index contributed by atoms with van der Waals surface area (Å²) in [6.07, 6.45) is 1.72. The Hall–Kier alpha value is -3.06. The number of amides is 1. The van der Waals surface area contributed by atoms with Gasteiger partial charge in [-0.2, -0.15) is 0 Å². The number of carbonyl (C=O) groups excluding carboxylic acids is 1. The van der Waals surface area contributed by atoms with Crippen LogP contribution in [0.4, 0.5) is 11.5 Å². The summed E-state index contributed by atoms with van der Waals surface area (Å²) >= 11 is 6.00. The van der Waals surface area contributed by atoms with Gasteiger partial charge in [-0.1, -0.05) is 23.7 Å². The van der Waals surface area contributed by atoms with Gasteiger partial charge >= 0.3 is 0 Å². The van der Waals surface area contributed by atoms with Crippen molar-refractivity contribution in [3.05, 3.63) is 63.9 Å². The number of halogens is 1. The van der Waals surface area contributed by atoms with E-state index in [1.54, 1.807) is 11.6 Å². The van der Waals surface area contributed by atoms with Crippen LogP contribution in [0.3, 0.4) is 0 Å². The average Bonchev–Trinajstić information content (AvgIpc) is 2.86. The molecule has 8 heteroatoms. The summed E-state index contributed by atoms with van der Waals surface area (Å²) in [5.41, 5.74) is 2.63. The van der Waals surface area contributed by atoms with E-state index in [1.165, 1.54) is 0 Å². The highest BCUT2D eigenvalue weighted by molar-refractivity contribution is 6.30. The number of piperazine rings is 1. The maximum Gasteiger partial charge on any atom is 0.293 e. The second-order valence-corrected chi connectivity index (χ2v) is 9.30. The first kappa shape index (κ1) is 21.8. The van der Waals surface area contributed by atoms with Crippen LogP contribution >= 0.6 is 11.6 Å². The van der Waals surface area contributed by atoms with Crippen LogP contribution in [-0.2, 0) is 11.8 Å². The third kappa shape index (κ3) is 4.29. The average molecular weight is 466 g/mol. The monoisotopic (exact) mass is 465 g/mol. The Morgan fingerprint density at radius 2 is 1.70 bits per heavy atom. The zero-order valence-electron chi connectivity index (χ0n) is 18.8. The highest BCUT2D eigenvalue weighted by Gasteiger charge is 2.32. The molecule has 7 nitrogen and oxygen atoms in total. The zero-order chi connectivity index (χ0) is 22.9. The number of aromatic nitrogens is 2. The van der Waals surface area contributed by atoms with E-state index >= 15 is 0 Å². The van der Waals surface area contributed by atoms with Crippen LogP contribution in [-0.4, -0.2) is 59.6 Å². The standard InChI is InChI=1S/C25H28ClN5O2/c1-28-22-7-3-2-6-21(22)27-23(25(28)33)31-12-4-5-18(17-31)24(32)30-15-13-29(14-16-30)20-10-8-19(26)9-11-20/h2-3,6-11,18H,4-5,12-17H2,1H3. The predicted molar refractivity (Wildman–Crippen MR) is 132 cm³/mol. The Kier molecular flexibility index (Phi) is 5.98. The summed E-state index contributed by atoms with van der Waals surface area (Å²) < 4.78 is 1.65. The molecule has 0 N–H and O–H groups in total. The number of hydrogen-bond donors (Lipinski definition) is 0. The minimum atomic E-state index is -0.113. The van der Waals surface area contributed by atoms with Gasteiger partial charge in [0.15, 0.2) is 5.82 Å². The largest absolute Gasteiger partial charge is 0.368 e. The van der Waals surface area contributed by atoms with Crippen LogP contribution in [0.2, 0.25) is 5.02 Å². The molecule has 2 fully saturated rings. The topological polar surface area (TPSA) is 61.7 Å². The van der Waals surface area contributed by atoms with Crippen molar-refractivity contribution in [1.82, 2.24) is 14.5 Å². The molecule has 1 amide bonds. The summed E-state index contributed by atoms with van der Waals surface area (Å²) in [7, 11) is 1.78. The Morgan fingerprint density at radius 3 is 2.45 bits per heavy atom. The summed E-state index contributed by atoms with van der Waals surface area (Å²) in [6.45, 7) is 4.29. The minimum Gasteiger partial charge on any atom is -0.368 e. The summed E-state index contributed by atoms with van der Waals surface area (Å²) in [5, 5.41) is 0.727. The number of rotatable bonds is 3. The summed E-state index contributed by atoms with van der Waals surface area (Å²) in [4.78, 5) is 37.3. The molecule has 172 valence electrons. The fraction of sp³-hybridized carbons (Fsp3) is 0.400. The third-order valence-electron chi connectivity index (χ3n) is 6.82. The van der Waals surface area contributed by atoms with E-state index in [0.717, 1.165) is 54.2 Å². The summed E-state index contributed by atoms with van der Waals surface area (Å²) in [6, 6.07) is 15.5. The van der Waals surface area contributed by atoms with Crippen LogP contribution in [0, 0.1) is 5.92 Å². The highest BCUT2D eigenvalue weighted by Crippen LogP contribution is 2.25. The molecule has 0 saturated carbocycles. The molecule has 0 bridgehead atoms. The van der Waals surface area contributed by atoms with Crippen molar-refractivity contribution in [1.29, 1.82) is 0 Å². The smallest absolute Gasteiger partial charge is 0.293 e. The highest BCUT2D eigenvalue weighted by atomic mass is 35.5. The van der Waals surface area contributed by atoms with E-state index in [4.69, 9.17) is 11.6 Å². The minimum absolute atomic E-state index is 0.112. The van der Waals surface area contributed by atoms with Gasteiger partial charge in [-0.15, -0.1) is 0 Å². The quantitative estimate of drug-likeness (QED) is 0.594. The molecule has 0 spiro atoms. The zero-order valence-corrected chi connectivity index (χ0v) is 19.5. The lowest BCUT2D eigenvalue weighted by molar-refractivity contribution is -0.136. The van der Waals surface area contributed by atoms with Crippen LogP contribution in [0.5, 0.6) is 0 Å². The lowest BCUT2D eigenvalue weighted by Crippen LogP contribution is -2.53. The van der Waals surface area contributed by atoms with Crippen molar-refractivity contribution in [3.63, 3.8) is 0 Å². The lowest BCUT2D eigenvalue weighted by atomic mass is 9.96. The first-order valence-corrected chi connectivity index (χ1v) is 11.9. The molecule has 1 atom stereocenters. The fourth-order valence-corrected chi connectivity index (χ4v) is 5.06. The van der Waals surface area contributed by atoms with E-state index in [2.05, 4.69) is 9.88 Å². The van der Waals surface area contributed by atoms with Gasteiger partial charge in [-0.25, -0.2) is 4.98 Å². The van der Waals surface area contributed by atoms with Gasteiger partial charge < -0.3 is 19.3 Å². The van der Waals surface area contributed by atoms with Gasteiger partial charge in [0.1, 0.15) is 0 Å². The number of piperidine rings is 1. The molecule has 2 saturated heterocycles. The predicted octanol–water partition coefficient (Wildman–Crippen LogP) is 3.15. The molecule has 1 aromatic heterocycles. The van der Waals surface area contributed by atoms with E-state index in [-0.39, 0.29) is 17.4 Å².